The molecule has 20 heavy (non-hydrogen) atoms. The van der Waals surface area contributed by atoms with Gasteiger partial charge in [0.25, 0.3) is 0 Å². The number of likely N-dealkylation sites (tertiary alicyclic amines) is 1. The molecule has 0 saturated carbocycles. The van der Waals surface area contributed by atoms with Crippen molar-refractivity contribution in [1.82, 2.24) is 10.4 Å². The predicted octanol–water partition coefficient (Wildman–Crippen LogP) is 2.35. The third-order valence-corrected chi connectivity index (χ3v) is 4.25. The topological polar surface area (TPSA) is 41.6 Å². The zero-order chi connectivity index (χ0) is 14.6. The Labute approximate surface area is 121 Å². The summed E-state index contributed by atoms with van der Waals surface area (Å²) in [5.41, 5.74) is 4.06. The van der Waals surface area contributed by atoms with E-state index in [1.807, 2.05) is 37.4 Å². The number of benzene rings is 1. The normalized spacial score (nSPS) is 23.4. The minimum atomic E-state index is -0.252. The number of hydrogen-bond acceptors (Lipinski definition) is 3. The summed E-state index contributed by atoms with van der Waals surface area (Å²) in [5, 5.41) is 0. The van der Waals surface area contributed by atoms with Crippen molar-refractivity contribution in [3.8, 4) is 0 Å². The summed E-state index contributed by atoms with van der Waals surface area (Å²) >= 11 is 0. The van der Waals surface area contributed by atoms with Gasteiger partial charge in [-0.15, -0.1) is 0 Å². The molecule has 1 aliphatic heterocycles. The highest BCUT2D eigenvalue weighted by atomic mass is 16.6. The summed E-state index contributed by atoms with van der Waals surface area (Å²) in [4.78, 5) is 19.5. The van der Waals surface area contributed by atoms with Gasteiger partial charge in [0.15, 0.2) is 0 Å². The maximum absolute atomic E-state index is 12.0. The van der Waals surface area contributed by atoms with E-state index < -0.39 is 0 Å². The van der Waals surface area contributed by atoms with Gasteiger partial charge in [-0.25, -0.2) is 0 Å². The number of hydrogen-bond donors (Lipinski definition) is 1. The van der Waals surface area contributed by atoms with Gasteiger partial charge < -0.3 is 4.90 Å². The van der Waals surface area contributed by atoms with Gasteiger partial charge in [0, 0.05) is 20.0 Å². The average molecular weight is 276 g/mol. The molecule has 4 heteroatoms. The van der Waals surface area contributed by atoms with Crippen molar-refractivity contribution >= 4 is 5.91 Å². The first-order chi connectivity index (χ1) is 9.53. The number of nitrogens with one attached hydrogen (secondary N) is 1. The first-order valence-corrected chi connectivity index (χ1v) is 7.20. The Morgan fingerprint density at radius 3 is 2.65 bits per heavy atom. The van der Waals surface area contributed by atoms with Gasteiger partial charge in [-0.05, 0) is 17.9 Å². The number of rotatable bonds is 5. The quantitative estimate of drug-likeness (QED) is 0.839. The second-order valence-corrected chi connectivity index (χ2v) is 5.93. The van der Waals surface area contributed by atoms with Crippen molar-refractivity contribution in [1.29, 1.82) is 0 Å². The molecule has 2 rings (SSSR count). The summed E-state index contributed by atoms with van der Waals surface area (Å²) in [7, 11) is 1.86. The van der Waals surface area contributed by atoms with E-state index in [1.54, 1.807) is 4.90 Å². The lowest BCUT2D eigenvalue weighted by molar-refractivity contribution is -0.142. The van der Waals surface area contributed by atoms with Crippen LogP contribution >= 0.6 is 0 Å². The van der Waals surface area contributed by atoms with Crippen LogP contribution in [-0.4, -0.2) is 29.9 Å². The van der Waals surface area contributed by atoms with Crippen LogP contribution in [0, 0.1) is 5.92 Å². The minimum absolute atomic E-state index is 0.181. The lowest BCUT2D eigenvalue weighted by Crippen LogP contribution is -2.57. The molecular formula is C16H24N2O2. The summed E-state index contributed by atoms with van der Waals surface area (Å²) in [6, 6.07) is 10.0. The van der Waals surface area contributed by atoms with E-state index in [1.165, 1.54) is 0 Å². The van der Waals surface area contributed by atoms with Crippen LogP contribution in [0.5, 0.6) is 0 Å². The van der Waals surface area contributed by atoms with Crippen molar-refractivity contribution < 1.29 is 9.63 Å². The van der Waals surface area contributed by atoms with Gasteiger partial charge in [0.05, 0.1) is 12.1 Å². The molecule has 1 aromatic rings. The highest BCUT2D eigenvalue weighted by molar-refractivity contribution is 5.78. The Morgan fingerprint density at radius 2 is 2.05 bits per heavy atom. The zero-order valence-corrected chi connectivity index (χ0v) is 12.6. The molecule has 0 radical (unpaired) electrons. The lowest BCUT2D eigenvalue weighted by atomic mass is 9.78. The Bertz CT molecular complexity index is 447. The molecule has 1 amide bonds. The molecular weight excluding hydrogens is 252 g/mol. The molecule has 1 aliphatic rings. The number of carbonyl (C=O) groups excluding carboxylic acids is 1. The Balaban J connectivity index is 1.95. The molecule has 1 aromatic carbocycles. The third kappa shape index (κ3) is 3.38. The molecule has 1 fully saturated rings. The van der Waals surface area contributed by atoms with Gasteiger partial charge in [-0.3, -0.25) is 9.63 Å². The monoisotopic (exact) mass is 276 g/mol. The van der Waals surface area contributed by atoms with E-state index in [0.717, 1.165) is 18.5 Å². The molecule has 110 valence electrons. The minimum Gasteiger partial charge on any atom is -0.346 e. The van der Waals surface area contributed by atoms with Crippen LogP contribution in [0.4, 0.5) is 0 Å². The van der Waals surface area contributed by atoms with Crippen LogP contribution in [-0.2, 0) is 16.2 Å². The number of carbonyl (C=O) groups is 1. The maximum Gasteiger partial charge on any atom is 0.224 e. The molecule has 4 nitrogen and oxygen atoms in total. The number of hydroxylamine groups is 1. The number of amides is 1. The Kier molecular flexibility index (Phi) is 4.78. The molecule has 0 spiro atoms. The van der Waals surface area contributed by atoms with E-state index in [0.29, 0.717) is 18.9 Å². The Hall–Kier alpha value is -1.39. The van der Waals surface area contributed by atoms with E-state index in [9.17, 15) is 4.79 Å². The molecule has 0 aromatic heterocycles. The molecule has 1 N–H and O–H groups in total. The summed E-state index contributed by atoms with van der Waals surface area (Å²) in [5.74, 6) is 0.525. The van der Waals surface area contributed by atoms with E-state index in [-0.39, 0.29) is 11.4 Å². The fourth-order valence-electron chi connectivity index (χ4n) is 2.52. The second kappa shape index (κ2) is 6.37. The van der Waals surface area contributed by atoms with Crippen LogP contribution in [0.1, 0.15) is 32.3 Å². The molecule has 1 saturated heterocycles. The van der Waals surface area contributed by atoms with Crippen molar-refractivity contribution in [2.24, 2.45) is 5.92 Å². The van der Waals surface area contributed by atoms with Gasteiger partial charge >= 0.3 is 0 Å². The smallest absolute Gasteiger partial charge is 0.224 e. The Morgan fingerprint density at radius 1 is 1.35 bits per heavy atom. The van der Waals surface area contributed by atoms with E-state index >= 15 is 0 Å². The number of piperidine rings is 1. The first kappa shape index (κ1) is 15.0. The average Bonchev–Trinajstić information content (AvgIpc) is 2.44. The predicted molar refractivity (Wildman–Crippen MR) is 78.8 cm³/mol. The SMILES string of the molecule is CC(C)[C@]1(NOCc2ccccc2)CCN(C)C(=O)C1. The van der Waals surface area contributed by atoms with Crippen LogP contribution < -0.4 is 5.48 Å². The van der Waals surface area contributed by atoms with Crippen molar-refractivity contribution in [3.63, 3.8) is 0 Å². The van der Waals surface area contributed by atoms with Crippen LogP contribution in [0.15, 0.2) is 30.3 Å². The standard InChI is InChI=1S/C16H24N2O2/c1-13(2)16(9-10-18(3)15(19)11-16)17-20-12-14-7-5-4-6-8-14/h4-8,13,17H,9-12H2,1-3H3/t16-/m0/s1. The third-order valence-electron chi connectivity index (χ3n) is 4.25. The lowest BCUT2D eigenvalue weighted by Gasteiger charge is -2.43. The summed E-state index contributed by atoms with van der Waals surface area (Å²) in [6.07, 6.45) is 1.41. The second-order valence-electron chi connectivity index (χ2n) is 5.93. The van der Waals surface area contributed by atoms with Crippen molar-refractivity contribution in [2.75, 3.05) is 13.6 Å². The van der Waals surface area contributed by atoms with Crippen molar-refractivity contribution in [2.45, 2.75) is 38.8 Å². The van der Waals surface area contributed by atoms with Gasteiger partial charge in [-0.1, -0.05) is 44.2 Å². The summed E-state index contributed by atoms with van der Waals surface area (Å²) < 4.78 is 0. The highest BCUT2D eigenvalue weighted by Crippen LogP contribution is 2.30. The van der Waals surface area contributed by atoms with E-state index in [2.05, 4.69) is 19.3 Å². The van der Waals surface area contributed by atoms with Crippen LogP contribution in [0.3, 0.4) is 0 Å². The molecule has 0 unspecified atom stereocenters. The van der Waals surface area contributed by atoms with Crippen LogP contribution in [0.25, 0.3) is 0 Å². The fraction of sp³-hybridized carbons (Fsp3) is 0.562. The van der Waals surface area contributed by atoms with Gasteiger partial charge in [-0.2, -0.15) is 5.48 Å². The number of nitrogens with zero attached hydrogens (tertiary/aromatic N) is 1. The molecule has 1 heterocycles. The van der Waals surface area contributed by atoms with Crippen LogP contribution in [0.2, 0.25) is 0 Å². The zero-order valence-electron chi connectivity index (χ0n) is 12.6. The molecule has 0 aliphatic carbocycles. The summed E-state index contributed by atoms with van der Waals surface area (Å²) in [6.45, 7) is 5.56. The molecule has 0 bridgehead atoms. The fourth-order valence-corrected chi connectivity index (χ4v) is 2.52. The molecule has 1 atom stereocenters. The first-order valence-electron chi connectivity index (χ1n) is 7.20. The van der Waals surface area contributed by atoms with Gasteiger partial charge in [0.2, 0.25) is 5.91 Å². The van der Waals surface area contributed by atoms with Crippen molar-refractivity contribution in [3.05, 3.63) is 35.9 Å². The largest absolute Gasteiger partial charge is 0.346 e. The van der Waals surface area contributed by atoms with Gasteiger partial charge in [0.1, 0.15) is 0 Å². The highest BCUT2D eigenvalue weighted by Gasteiger charge is 2.40. The maximum atomic E-state index is 12.0. The van der Waals surface area contributed by atoms with E-state index in [4.69, 9.17) is 4.84 Å².